The molecule has 1 amide bonds. The summed E-state index contributed by atoms with van der Waals surface area (Å²) >= 11 is 0. The predicted octanol–water partition coefficient (Wildman–Crippen LogP) is 2.40. The number of carbonyl (C=O) groups is 1. The molecule has 0 saturated carbocycles. The Bertz CT molecular complexity index is 653. The van der Waals surface area contributed by atoms with Crippen molar-refractivity contribution in [1.29, 1.82) is 0 Å². The summed E-state index contributed by atoms with van der Waals surface area (Å²) in [6.07, 6.45) is 5.22. The number of amides is 1. The maximum Gasteiger partial charge on any atom is 0.251 e. The molecule has 0 spiro atoms. The minimum Gasteiger partial charge on any atom is -0.370 e. The van der Waals surface area contributed by atoms with Crippen molar-refractivity contribution in [2.75, 3.05) is 11.9 Å². The van der Waals surface area contributed by atoms with Crippen molar-refractivity contribution in [3.63, 3.8) is 0 Å². The van der Waals surface area contributed by atoms with E-state index < -0.39 is 5.91 Å². The number of nitrogens with two attached hydrogens (primary N) is 1. The van der Waals surface area contributed by atoms with Crippen LogP contribution in [-0.2, 0) is 0 Å². The quantitative estimate of drug-likeness (QED) is 0.935. The van der Waals surface area contributed by atoms with Crippen LogP contribution in [0.3, 0.4) is 0 Å². The predicted molar refractivity (Wildman–Crippen MR) is 84.3 cm³/mol. The minimum atomic E-state index is -0.474. The fourth-order valence-electron chi connectivity index (χ4n) is 2.25. The van der Waals surface area contributed by atoms with Crippen LogP contribution in [-0.4, -0.2) is 29.0 Å². The summed E-state index contributed by atoms with van der Waals surface area (Å²) in [4.78, 5) is 22.4. The maximum absolute atomic E-state index is 11.9. The highest BCUT2D eigenvalue weighted by atomic mass is 16.1. The molecule has 0 saturated heterocycles. The van der Waals surface area contributed by atoms with Gasteiger partial charge < -0.3 is 10.6 Å². The summed E-state index contributed by atoms with van der Waals surface area (Å²) < 4.78 is 0. The van der Waals surface area contributed by atoms with E-state index in [2.05, 4.69) is 28.7 Å². The molecule has 0 radical (unpaired) electrons. The van der Waals surface area contributed by atoms with Crippen LogP contribution in [0.5, 0.6) is 0 Å². The lowest BCUT2D eigenvalue weighted by Crippen LogP contribution is -2.28. The highest BCUT2D eigenvalue weighted by molar-refractivity contribution is 6.04. The molecule has 21 heavy (non-hydrogen) atoms. The van der Waals surface area contributed by atoms with Crippen LogP contribution in [0.1, 0.15) is 29.9 Å². The number of primary amides is 1. The van der Waals surface area contributed by atoms with E-state index in [4.69, 9.17) is 5.73 Å². The number of hydrogen-bond donors (Lipinski definition) is 1. The van der Waals surface area contributed by atoms with Crippen molar-refractivity contribution in [2.24, 2.45) is 5.73 Å². The molecule has 5 nitrogen and oxygen atoms in total. The first-order chi connectivity index (χ1) is 9.93. The molecule has 0 aliphatic rings. The molecule has 5 heteroatoms. The monoisotopic (exact) mass is 284 g/mol. The first-order valence-electron chi connectivity index (χ1n) is 6.86. The molecule has 2 aromatic heterocycles. The fraction of sp³-hybridized carbons (Fsp3) is 0.312. The van der Waals surface area contributed by atoms with Gasteiger partial charge in [0.1, 0.15) is 0 Å². The zero-order valence-electron chi connectivity index (χ0n) is 12.8. The van der Waals surface area contributed by atoms with Crippen LogP contribution in [0.2, 0.25) is 0 Å². The Labute approximate surface area is 124 Å². The third kappa shape index (κ3) is 2.86. The van der Waals surface area contributed by atoms with E-state index in [1.54, 1.807) is 25.5 Å². The highest BCUT2D eigenvalue weighted by Gasteiger charge is 2.21. The molecule has 0 bridgehead atoms. The first-order valence-corrected chi connectivity index (χ1v) is 6.86. The van der Waals surface area contributed by atoms with Gasteiger partial charge in [0.25, 0.3) is 5.91 Å². The zero-order valence-corrected chi connectivity index (χ0v) is 12.8. The Morgan fingerprint density at radius 2 is 2.05 bits per heavy atom. The summed E-state index contributed by atoms with van der Waals surface area (Å²) in [6, 6.07) is 4.03. The van der Waals surface area contributed by atoms with Gasteiger partial charge in [0.2, 0.25) is 0 Å². The maximum atomic E-state index is 11.9. The average Bonchev–Trinajstić information content (AvgIpc) is 2.46. The number of hydrogen-bond acceptors (Lipinski definition) is 4. The zero-order chi connectivity index (χ0) is 15.6. The fourth-order valence-corrected chi connectivity index (χ4v) is 2.25. The van der Waals surface area contributed by atoms with Gasteiger partial charge in [-0.05, 0) is 26.8 Å². The number of pyridine rings is 2. The van der Waals surface area contributed by atoms with Gasteiger partial charge in [-0.25, -0.2) is 0 Å². The molecule has 0 aromatic carbocycles. The van der Waals surface area contributed by atoms with E-state index in [1.807, 2.05) is 19.2 Å². The van der Waals surface area contributed by atoms with E-state index in [1.165, 1.54) is 0 Å². The number of carbonyl (C=O) groups excluding carboxylic acids is 1. The third-order valence-electron chi connectivity index (χ3n) is 3.60. The van der Waals surface area contributed by atoms with E-state index >= 15 is 0 Å². The van der Waals surface area contributed by atoms with Gasteiger partial charge in [-0.3, -0.25) is 14.8 Å². The second-order valence-corrected chi connectivity index (χ2v) is 5.29. The molecule has 0 fully saturated rings. The van der Waals surface area contributed by atoms with Crippen LogP contribution >= 0.6 is 0 Å². The Morgan fingerprint density at radius 3 is 2.57 bits per heavy atom. The second-order valence-electron chi connectivity index (χ2n) is 5.29. The van der Waals surface area contributed by atoms with Gasteiger partial charge in [0, 0.05) is 36.6 Å². The first kappa shape index (κ1) is 15.0. The second kappa shape index (κ2) is 5.91. The van der Waals surface area contributed by atoms with Crippen molar-refractivity contribution in [1.82, 2.24) is 9.97 Å². The van der Waals surface area contributed by atoms with E-state index in [9.17, 15) is 4.79 Å². The number of aromatic nitrogens is 2. The molecule has 0 atom stereocenters. The van der Waals surface area contributed by atoms with Crippen molar-refractivity contribution in [2.45, 2.75) is 26.8 Å². The molecule has 0 unspecified atom stereocenters. The van der Waals surface area contributed by atoms with Crippen LogP contribution in [0.25, 0.3) is 11.1 Å². The molecular formula is C16H20N4O. The molecule has 2 rings (SSSR count). The van der Waals surface area contributed by atoms with Gasteiger partial charge in [-0.1, -0.05) is 6.07 Å². The van der Waals surface area contributed by atoms with Crippen LogP contribution in [0.15, 0.2) is 30.7 Å². The molecule has 110 valence electrons. The summed E-state index contributed by atoms with van der Waals surface area (Å²) in [5.41, 5.74) is 9.18. The summed E-state index contributed by atoms with van der Waals surface area (Å²) in [5, 5.41) is 0. The van der Waals surface area contributed by atoms with Crippen LogP contribution < -0.4 is 10.6 Å². The van der Waals surface area contributed by atoms with Crippen molar-refractivity contribution in [3.8, 4) is 11.1 Å². The molecular weight excluding hydrogens is 264 g/mol. The Balaban J connectivity index is 2.79. The number of aryl methyl sites for hydroxylation is 1. The van der Waals surface area contributed by atoms with E-state index in [0.717, 1.165) is 16.8 Å². The number of anilines is 1. The number of rotatable bonds is 4. The van der Waals surface area contributed by atoms with Crippen molar-refractivity contribution >= 4 is 11.6 Å². The SMILES string of the molecule is Cc1ncc(N(C)C(C)C)c(-c2cccnc2)c1C(N)=O. The van der Waals surface area contributed by atoms with Gasteiger partial charge in [0.15, 0.2) is 0 Å². The van der Waals surface area contributed by atoms with Crippen molar-refractivity contribution < 1.29 is 4.79 Å². The smallest absolute Gasteiger partial charge is 0.251 e. The Morgan fingerprint density at radius 1 is 1.33 bits per heavy atom. The third-order valence-corrected chi connectivity index (χ3v) is 3.60. The summed E-state index contributed by atoms with van der Waals surface area (Å²) in [5.74, 6) is -0.474. The standard InChI is InChI=1S/C16H20N4O/c1-10(2)20(4)13-9-19-11(3)14(16(17)21)15(13)12-6-5-7-18-8-12/h5-10H,1-4H3,(H2,17,21). The largest absolute Gasteiger partial charge is 0.370 e. The topological polar surface area (TPSA) is 72.1 Å². The van der Waals surface area contributed by atoms with Crippen LogP contribution in [0, 0.1) is 6.92 Å². The van der Waals surface area contributed by atoms with E-state index in [-0.39, 0.29) is 6.04 Å². The minimum absolute atomic E-state index is 0.269. The van der Waals surface area contributed by atoms with Gasteiger partial charge in [-0.2, -0.15) is 0 Å². The molecule has 0 aliphatic heterocycles. The molecule has 2 aromatic rings. The lowest BCUT2D eigenvalue weighted by molar-refractivity contribution is 0.1000. The average molecular weight is 284 g/mol. The Hall–Kier alpha value is -2.43. The lowest BCUT2D eigenvalue weighted by Gasteiger charge is -2.27. The molecule has 2 N–H and O–H groups in total. The summed E-state index contributed by atoms with van der Waals surface area (Å²) in [7, 11) is 1.97. The van der Waals surface area contributed by atoms with Crippen LogP contribution in [0.4, 0.5) is 5.69 Å². The lowest BCUT2D eigenvalue weighted by atomic mass is 9.97. The normalized spacial score (nSPS) is 10.7. The molecule has 0 aliphatic carbocycles. The highest BCUT2D eigenvalue weighted by Crippen LogP contribution is 2.34. The van der Waals surface area contributed by atoms with Gasteiger partial charge in [-0.15, -0.1) is 0 Å². The van der Waals surface area contributed by atoms with Gasteiger partial charge >= 0.3 is 0 Å². The molecule has 2 heterocycles. The van der Waals surface area contributed by atoms with Crippen molar-refractivity contribution in [3.05, 3.63) is 42.0 Å². The van der Waals surface area contributed by atoms with Gasteiger partial charge in [0.05, 0.1) is 23.1 Å². The summed E-state index contributed by atoms with van der Waals surface area (Å²) in [6.45, 7) is 5.95. The number of nitrogens with zero attached hydrogens (tertiary/aromatic N) is 3. The Kier molecular flexibility index (Phi) is 4.21. The van der Waals surface area contributed by atoms with E-state index in [0.29, 0.717) is 11.3 Å².